The number of thioether (sulfide) groups is 1. The predicted molar refractivity (Wildman–Crippen MR) is 93.4 cm³/mol. The summed E-state index contributed by atoms with van der Waals surface area (Å²) in [5.74, 6) is 0.990. The summed E-state index contributed by atoms with van der Waals surface area (Å²) in [6.45, 7) is 4.01. The fourth-order valence-electron chi connectivity index (χ4n) is 3.26. The number of hydrogen-bond donors (Lipinski definition) is 0. The zero-order valence-corrected chi connectivity index (χ0v) is 15.1. The van der Waals surface area contributed by atoms with Gasteiger partial charge in [0, 0.05) is 11.4 Å². The molecular weight excluding hydrogens is 326 g/mol. The van der Waals surface area contributed by atoms with E-state index in [0.29, 0.717) is 13.2 Å². The molecule has 2 aliphatic heterocycles. The first-order chi connectivity index (χ1) is 11.7. The van der Waals surface area contributed by atoms with E-state index >= 15 is 0 Å². The van der Waals surface area contributed by atoms with Crippen LogP contribution in [0.3, 0.4) is 0 Å². The van der Waals surface area contributed by atoms with Gasteiger partial charge in [-0.25, -0.2) is 0 Å². The number of carbonyl (C=O) groups excluding carboxylic acids is 1. The molecule has 0 spiro atoms. The highest BCUT2D eigenvalue weighted by Gasteiger charge is 2.37. The molecule has 2 unspecified atom stereocenters. The molecule has 0 aromatic heterocycles. The van der Waals surface area contributed by atoms with Crippen molar-refractivity contribution in [2.45, 2.75) is 48.7 Å². The lowest BCUT2D eigenvalue weighted by Gasteiger charge is -2.39. The largest absolute Gasteiger partial charge is 0.497 e. The third kappa shape index (κ3) is 4.05. The van der Waals surface area contributed by atoms with Crippen molar-refractivity contribution >= 4 is 17.7 Å². The van der Waals surface area contributed by atoms with Gasteiger partial charge in [-0.2, -0.15) is 0 Å². The molecule has 2 heterocycles. The topological polar surface area (TPSA) is 48.0 Å². The average molecular weight is 351 g/mol. The molecule has 24 heavy (non-hydrogen) atoms. The maximum Gasteiger partial charge on any atom is 0.236 e. The van der Waals surface area contributed by atoms with Crippen LogP contribution in [0.5, 0.6) is 5.75 Å². The molecule has 2 aliphatic rings. The third-order valence-corrected chi connectivity index (χ3v) is 5.61. The SMILES string of the molecule is COc1ccc(SC(C)C(=O)N2CCCCC2C2OCCO2)cc1. The molecule has 2 atom stereocenters. The summed E-state index contributed by atoms with van der Waals surface area (Å²) >= 11 is 1.58. The maximum absolute atomic E-state index is 13.0. The van der Waals surface area contributed by atoms with E-state index in [1.807, 2.05) is 36.1 Å². The second-order valence-corrected chi connectivity index (χ2v) is 7.55. The summed E-state index contributed by atoms with van der Waals surface area (Å²) in [5.41, 5.74) is 0. The van der Waals surface area contributed by atoms with Crippen LogP contribution in [0, 0.1) is 0 Å². The zero-order valence-electron chi connectivity index (χ0n) is 14.3. The third-order valence-electron chi connectivity index (χ3n) is 4.51. The molecule has 0 bridgehead atoms. The summed E-state index contributed by atoms with van der Waals surface area (Å²) in [6.07, 6.45) is 2.87. The maximum atomic E-state index is 13.0. The van der Waals surface area contributed by atoms with E-state index < -0.39 is 0 Å². The van der Waals surface area contributed by atoms with Crippen molar-refractivity contribution in [3.63, 3.8) is 0 Å². The van der Waals surface area contributed by atoms with E-state index in [1.54, 1.807) is 18.9 Å². The van der Waals surface area contributed by atoms with Crippen LogP contribution in [0.4, 0.5) is 0 Å². The number of amides is 1. The lowest BCUT2D eigenvalue weighted by molar-refractivity contribution is -0.149. The Morgan fingerprint density at radius 2 is 1.96 bits per heavy atom. The van der Waals surface area contributed by atoms with Gasteiger partial charge < -0.3 is 19.1 Å². The van der Waals surface area contributed by atoms with Crippen molar-refractivity contribution in [2.75, 3.05) is 26.9 Å². The van der Waals surface area contributed by atoms with Crippen molar-refractivity contribution in [3.8, 4) is 5.75 Å². The molecule has 1 aromatic rings. The molecule has 1 aromatic carbocycles. The molecule has 3 rings (SSSR count). The van der Waals surface area contributed by atoms with Crippen molar-refractivity contribution in [1.82, 2.24) is 4.90 Å². The minimum atomic E-state index is -0.257. The van der Waals surface area contributed by atoms with Gasteiger partial charge in [-0.1, -0.05) is 0 Å². The molecule has 6 heteroatoms. The predicted octanol–water partition coefficient (Wildman–Crippen LogP) is 2.93. The molecule has 0 radical (unpaired) electrons. The molecule has 132 valence electrons. The van der Waals surface area contributed by atoms with Crippen LogP contribution in [0.1, 0.15) is 26.2 Å². The summed E-state index contributed by atoms with van der Waals surface area (Å²) < 4.78 is 16.5. The van der Waals surface area contributed by atoms with E-state index in [9.17, 15) is 4.79 Å². The van der Waals surface area contributed by atoms with Gasteiger partial charge in [0.05, 0.1) is 31.6 Å². The number of ether oxygens (including phenoxy) is 3. The first kappa shape index (κ1) is 17.6. The number of carbonyl (C=O) groups is 1. The highest BCUT2D eigenvalue weighted by atomic mass is 32.2. The summed E-state index contributed by atoms with van der Waals surface area (Å²) in [4.78, 5) is 16.0. The van der Waals surface area contributed by atoms with Gasteiger partial charge in [-0.3, -0.25) is 4.79 Å². The Kier molecular flexibility index (Phi) is 6.03. The average Bonchev–Trinajstić information content (AvgIpc) is 3.16. The number of methoxy groups -OCH3 is 1. The summed E-state index contributed by atoms with van der Waals surface area (Å²) in [5, 5.41) is -0.139. The van der Waals surface area contributed by atoms with Crippen LogP contribution in [-0.2, 0) is 14.3 Å². The Balaban J connectivity index is 1.63. The van der Waals surface area contributed by atoms with Crippen molar-refractivity contribution < 1.29 is 19.0 Å². The molecule has 0 aliphatic carbocycles. The summed E-state index contributed by atoms with van der Waals surface area (Å²) in [6, 6.07) is 7.87. The Morgan fingerprint density at radius 1 is 1.25 bits per heavy atom. The molecule has 2 fully saturated rings. The first-order valence-electron chi connectivity index (χ1n) is 8.53. The van der Waals surface area contributed by atoms with Gasteiger partial charge in [0.1, 0.15) is 5.75 Å². The Hall–Kier alpha value is -1.24. The lowest BCUT2D eigenvalue weighted by Crippen LogP contribution is -2.52. The number of benzene rings is 1. The molecule has 2 saturated heterocycles. The number of hydrogen-bond acceptors (Lipinski definition) is 5. The minimum Gasteiger partial charge on any atom is -0.497 e. The van der Waals surface area contributed by atoms with E-state index in [-0.39, 0.29) is 23.5 Å². The van der Waals surface area contributed by atoms with Crippen LogP contribution >= 0.6 is 11.8 Å². The van der Waals surface area contributed by atoms with E-state index in [2.05, 4.69) is 0 Å². The molecular formula is C18H25NO4S. The number of likely N-dealkylation sites (tertiary alicyclic amines) is 1. The smallest absolute Gasteiger partial charge is 0.236 e. The zero-order chi connectivity index (χ0) is 16.9. The minimum absolute atomic E-state index is 0.0488. The second kappa shape index (κ2) is 8.23. The quantitative estimate of drug-likeness (QED) is 0.764. The van der Waals surface area contributed by atoms with E-state index in [0.717, 1.165) is 36.5 Å². The van der Waals surface area contributed by atoms with Crippen LogP contribution < -0.4 is 4.74 Å². The number of rotatable bonds is 5. The van der Waals surface area contributed by atoms with E-state index in [4.69, 9.17) is 14.2 Å². The van der Waals surface area contributed by atoms with Gasteiger partial charge >= 0.3 is 0 Å². The van der Waals surface area contributed by atoms with Crippen molar-refractivity contribution in [1.29, 1.82) is 0 Å². The fourth-order valence-corrected chi connectivity index (χ4v) is 4.19. The number of nitrogens with zero attached hydrogens (tertiary/aromatic N) is 1. The highest BCUT2D eigenvalue weighted by molar-refractivity contribution is 8.00. The van der Waals surface area contributed by atoms with Crippen LogP contribution in [0.2, 0.25) is 0 Å². The fraction of sp³-hybridized carbons (Fsp3) is 0.611. The Bertz CT molecular complexity index is 544. The second-order valence-electron chi connectivity index (χ2n) is 6.14. The monoisotopic (exact) mass is 351 g/mol. The Labute approximate surface area is 147 Å². The van der Waals surface area contributed by atoms with Crippen LogP contribution in [0.15, 0.2) is 29.2 Å². The molecule has 5 nitrogen and oxygen atoms in total. The normalized spacial score (nSPS) is 23.2. The van der Waals surface area contributed by atoms with Gasteiger partial charge in [0.25, 0.3) is 0 Å². The highest BCUT2D eigenvalue weighted by Crippen LogP contribution is 2.30. The van der Waals surface area contributed by atoms with Gasteiger partial charge in [0.2, 0.25) is 5.91 Å². The van der Waals surface area contributed by atoms with Crippen LogP contribution in [0.25, 0.3) is 0 Å². The van der Waals surface area contributed by atoms with E-state index in [1.165, 1.54) is 0 Å². The van der Waals surface area contributed by atoms with Crippen LogP contribution in [-0.4, -0.2) is 55.3 Å². The van der Waals surface area contributed by atoms with Crippen molar-refractivity contribution in [2.24, 2.45) is 0 Å². The lowest BCUT2D eigenvalue weighted by atomic mass is 10.0. The van der Waals surface area contributed by atoms with Crippen molar-refractivity contribution in [3.05, 3.63) is 24.3 Å². The van der Waals surface area contributed by atoms with Gasteiger partial charge in [0.15, 0.2) is 6.29 Å². The van der Waals surface area contributed by atoms with Gasteiger partial charge in [-0.05, 0) is 50.5 Å². The molecule has 1 amide bonds. The Morgan fingerprint density at radius 3 is 2.62 bits per heavy atom. The molecule has 0 saturated carbocycles. The molecule has 0 N–H and O–H groups in total. The first-order valence-corrected chi connectivity index (χ1v) is 9.41. The number of piperidine rings is 1. The van der Waals surface area contributed by atoms with Gasteiger partial charge in [-0.15, -0.1) is 11.8 Å². The standard InChI is InChI=1S/C18H25NO4S/c1-13(24-15-8-6-14(21-2)7-9-15)17(20)19-10-4-3-5-16(19)18-22-11-12-23-18/h6-9,13,16,18H,3-5,10-12H2,1-2H3. The summed E-state index contributed by atoms with van der Waals surface area (Å²) in [7, 11) is 1.65.